The van der Waals surface area contributed by atoms with Crippen molar-refractivity contribution in [2.75, 3.05) is 6.61 Å². The van der Waals surface area contributed by atoms with Crippen molar-refractivity contribution in [2.45, 2.75) is 53.2 Å². The summed E-state index contributed by atoms with van der Waals surface area (Å²) in [6.45, 7) is 10.2. The first-order valence-corrected chi connectivity index (χ1v) is 8.25. The second kappa shape index (κ2) is 8.65. The first kappa shape index (κ1) is 20.7. The molecule has 0 aliphatic rings. The lowest BCUT2D eigenvalue weighted by Crippen LogP contribution is -2.46. The summed E-state index contributed by atoms with van der Waals surface area (Å²) in [7, 11) is 0. The molecule has 1 aromatic rings. The second-order valence-corrected chi connectivity index (χ2v) is 7.26. The summed E-state index contributed by atoms with van der Waals surface area (Å²) in [6.07, 6.45) is 0. The number of ether oxygens (including phenoxy) is 2. The Morgan fingerprint density at radius 3 is 2.32 bits per heavy atom. The standard InChI is InChI=1S/C19H27NO5/c1-12(2)16(18(23)24-11-15(21)25-19(4,5)6)20-17(22)14-9-7-8-13(3)10-14/h7-10,12,16H,11H2,1-6H3,(H,20,22)/t16-/m0/s1. The van der Waals surface area contributed by atoms with E-state index < -0.39 is 30.2 Å². The van der Waals surface area contributed by atoms with Crippen LogP contribution in [0.4, 0.5) is 0 Å². The highest BCUT2D eigenvalue weighted by Gasteiger charge is 2.27. The van der Waals surface area contributed by atoms with Gasteiger partial charge >= 0.3 is 11.9 Å². The van der Waals surface area contributed by atoms with Crippen molar-refractivity contribution >= 4 is 17.8 Å². The third-order valence-corrected chi connectivity index (χ3v) is 3.24. The lowest BCUT2D eigenvalue weighted by Gasteiger charge is -2.22. The molecule has 0 saturated carbocycles. The lowest BCUT2D eigenvalue weighted by molar-refractivity contribution is -0.167. The van der Waals surface area contributed by atoms with E-state index in [0.717, 1.165) is 5.56 Å². The number of nitrogens with one attached hydrogen (secondary N) is 1. The highest BCUT2D eigenvalue weighted by Crippen LogP contribution is 2.10. The van der Waals surface area contributed by atoms with E-state index in [1.54, 1.807) is 52.8 Å². The Kier molecular flexibility index (Phi) is 7.15. The van der Waals surface area contributed by atoms with Crippen LogP contribution >= 0.6 is 0 Å². The number of amides is 1. The zero-order valence-electron chi connectivity index (χ0n) is 15.7. The maximum atomic E-state index is 12.3. The third-order valence-electron chi connectivity index (χ3n) is 3.24. The second-order valence-electron chi connectivity index (χ2n) is 7.26. The van der Waals surface area contributed by atoms with Crippen LogP contribution in [-0.2, 0) is 19.1 Å². The fourth-order valence-electron chi connectivity index (χ4n) is 2.10. The largest absolute Gasteiger partial charge is 0.457 e. The number of hydrogen-bond acceptors (Lipinski definition) is 5. The van der Waals surface area contributed by atoms with Crippen LogP contribution < -0.4 is 5.32 Å². The van der Waals surface area contributed by atoms with Crippen molar-refractivity contribution in [3.05, 3.63) is 35.4 Å². The predicted molar refractivity (Wildman–Crippen MR) is 94.1 cm³/mol. The molecule has 1 N–H and O–H groups in total. The maximum Gasteiger partial charge on any atom is 0.344 e. The number of rotatable bonds is 6. The average molecular weight is 349 g/mol. The normalized spacial score (nSPS) is 12.4. The van der Waals surface area contributed by atoms with Gasteiger partial charge in [0.1, 0.15) is 11.6 Å². The van der Waals surface area contributed by atoms with E-state index in [2.05, 4.69) is 5.32 Å². The molecule has 1 atom stereocenters. The van der Waals surface area contributed by atoms with Gasteiger partial charge in [-0.1, -0.05) is 31.5 Å². The summed E-state index contributed by atoms with van der Waals surface area (Å²) in [5.74, 6) is -1.85. The van der Waals surface area contributed by atoms with Crippen molar-refractivity contribution in [3.8, 4) is 0 Å². The van der Waals surface area contributed by atoms with Crippen LogP contribution in [0.3, 0.4) is 0 Å². The number of carbonyl (C=O) groups is 3. The van der Waals surface area contributed by atoms with E-state index in [1.807, 2.05) is 13.0 Å². The van der Waals surface area contributed by atoms with Crippen LogP contribution in [0.25, 0.3) is 0 Å². The molecule has 1 amide bonds. The van der Waals surface area contributed by atoms with Crippen LogP contribution in [0.15, 0.2) is 24.3 Å². The van der Waals surface area contributed by atoms with Gasteiger partial charge in [-0.05, 0) is 45.7 Å². The van der Waals surface area contributed by atoms with Crippen molar-refractivity contribution in [1.82, 2.24) is 5.32 Å². The number of hydrogen-bond donors (Lipinski definition) is 1. The van der Waals surface area contributed by atoms with Gasteiger partial charge < -0.3 is 14.8 Å². The highest BCUT2D eigenvalue weighted by molar-refractivity contribution is 5.97. The number of aryl methyl sites for hydroxylation is 1. The van der Waals surface area contributed by atoms with E-state index in [-0.39, 0.29) is 11.8 Å². The summed E-state index contributed by atoms with van der Waals surface area (Å²) in [5, 5.41) is 2.67. The van der Waals surface area contributed by atoms with Crippen LogP contribution in [0, 0.1) is 12.8 Å². The topological polar surface area (TPSA) is 81.7 Å². The quantitative estimate of drug-likeness (QED) is 0.799. The van der Waals surface area contributed by atoms with Gasteiger partial charge in [-0.15, -0.1) is 0 Å². The molecule has 0 saturated heterocycles. The van der Waals surface area contributed by atoms with Gasteiger partial charge in [0.2, 0.25) is 0 Å². The first-order valence-electron chi connectivity index (χ1n) is 8.25. The molecule has 6 nitrogen and oxygen atoms in total. The molecule has 0 spiro atoms. The highest BCUT2D eigenvalue weighted by atomic mass is 16.6. The van der Waals surface area contributed by atoms with Gasteiger partial charge in [-0.3, -0.25) is 4.79 Å². The lowest BCUT2D eigenvalue weighted by atomic mass is 10.0. The molecule has 1 aromatic carbocycles. The third kappa shape index (κ3) is 7.37. The SMILES string of the molecule is Cc1cccc(C(=O)N[C@H](C(=O)OCC(=O)OC(C)(C)C)C(C)C)c1. The molecular weight excluding hydrogens is 322 g/mol. The Morgan fingerprint density at radius 1 is 1.16 bits per heavy atom. The first-order chi connectivity index (χ1) is 11.5. The summed E-state index contributed by atoms with van der Waals surface area (Å²) in [6, 6.07) is 6.21. The molecule has 0 heterocycles. The molecule has 0 aromatic heterocycles. The van der Waals surface area contributed by atoms with Gasteiger partial charge in [0, 0.05) is 5.56 Å². The van der Waals surface area contributed by atoms with Gasteiger partial charge in [-0.2, -0.15) is 0 Å². The Morgan fingerprint density at radius 2 is 1.80 bits per heavy atom. The van der Waals surface area contributed by atoms with E-state index in [9.17, 15) is 14.4 Å². The van der Waals surface area contributed by atoms with Crippen LogP contribution in [0.1, 0.15) is 50.5 Å². The zero-order chi connectivity index (χ0) is 19.2. The molecule has 1 rings (SSSR count). The molecule has 0 radical (unpaired) electrons. The molecule has 6 heteroatoms. The zero-order valence-corrected chi connectivity index (χ0v) is 15.7. The van der Waals surface area contributed by atoms with Gasteiger partial charge in [0.05, 0.1) is 0 Å². The fraction of sp³-hybridized carbons (Fsp3) is 0.526. The summed E-state index contributed by atoms with van der Waals surface area (Å²) in [5.41, 5.74) is 0.757. The van der Waals surface area contributed by atoms with E-state index in [1.165, 1.54) is 0 Å². The smallest absolute Gasteiger partial charge is 0.344 e. The van der Waals surface area contributed by atoms with Gasteiger partial charge in [0.15, 0.2) is 6.61 Å². The van der Waals surface area contributed by atoms with Gasteiger partial charge in [0.25, 0.3) is 5.91 Å². The molecule has 0 aliphatic heterocycles. The minimum absolute atomic E-state index is 0.195. The fourth-order valence-corrected chi connectivity index (χ4v) is 2.10. The summed E-state index contributed by atoms with van der Waals surface area (Å²) < 4.78 is 10.1. The van der Waals surface area contributed by atoms with Crippen molar-refractivity contribution in [2.24, 2.45) is 5.92 Å². The van der Waals surface area contributed by atoms with E-state index in [0.29, 0.717) is 5.56 Å². The average Bonchev–Trinajstić information content (AvgIpc) is 2.48. The molecule has 0 bridgehead atoms. The summed E-state index contributed by atoms with van der Waals surface area (Å²) in [4.78, 5) is 36.2. The molecule has 25 heavy (non-hydrogen) atoms. The number of benzene rings is 1. The number of carbonyl (C=O) groups excluding carboxylic acids is 3. The Hall–Kier alpha value is -2.37. The Bertz CT molecular complexity index is 631. The van der Waals surface area contributed by atoms with E-state index >= 15 is 0 Å². The van der Waals surface area contributed by atoms with Crippen LogP contribution in [-0.4, -0.2) is 36.1 Å². The maximum absolute atomic E-state index is 12.3. The minimum atomic E-state index is -0.851. The molecule has 0 unspecified atom stereocenters. The monoisotopic (exact) mass is 349 g/mol. The molecule has 0 fully saturated rings. The van der Waals surface area contributed by atoms with Crippen LogP contribution in [0.5, 0.6) is 0 Å². The minimum Gasteiger partial charge on any atom is -0.457 e. The van der Waals surface area contributed by atoms with Gasteiger partial charge in [-0.25, -0.2) is 9.59 Å². The predicted octanol–water partition coefficient (Wildman–Crippen LogP) is 2.63. The Balaban J connectivity index is 2.68. The molecular formula is C19H27NO5. The van der Waals surface area contributed by atoms with Crippen molar-refractivity contribution in [3.63, 3.8) is 0 Å². The Labute approximate surface area is 148 Å². The van der Waals surface area contributed by atoms with Crippen molar-refractivity contribution < 1.29 is 23.9 Å². The number of esters is 2. The van der Waals surface area contributed by atoms with Crippen LogP contribution in [0.2, 0.25) is 0 Å². The molecule has 138 valence electrons. The van der Waals surface area contributed by atoms with Crippen molar-refractivity contribution in [1.29, 1.82) is 0 Å². The summed E-state index contributed by atoms with van der Waals surface area (Å²) >= 11 is 0. The molecule has 0 aliphatic carbocycles. The van der Waals surface area contributed by atoms with E-state index in [4.69, 9.17) is 9.47 Å².